The van der Waals surface area contributed by atoms with Gasteiger partial charge in [0.1, 0.15) is 5.78 Å². The van der Waals surface area contributed by atoms with E-state index >= 15 is 0 Å². The van der Waals surface area contributed by atoms with Crippen molar-refractivity contribution < 1.29 is 9.90 Å². The van der Waals surface area contributed by atoms with Crippen LogP contribution >= 0.6 is 0 Å². The van der Waals surface area contributed by atoms with E-state index in [0.717, 1.165) is 25.7 Å². The summed E-state index contributed by atoms with van der Waals surface area (Å²) >= 11 is 0. The summed E-state index contributed by atoms with van der Waals surface area (Å²) in [6, 6.07) is 0. The molecule has 2 heteroatoms. The summed E-state index contributed by atoms with van der Waals surface area (Å²) in [5.41, 5.74) is 0.589. The van der Waals surface area contributed by atoms with Crippen LogP contribution in [-0.2, 0) is 4.79 Å². The standard InChI is InChI=1S/C29H48O2/c1-7-20(18(2)3)9-8-19(4)23-10-11-24-27-25(13-15-29(23,24)6)28(5)14-12-22(30)16-21(28)17-26(27)31/h8-9,18-25,27,30H,7,10-17H2,1-6H3/b9-8+/t19?,20?,21-,22+,23-,24?,25?,27?,28+,29-/m1/s1. The molecule has 4 rings (SSSR count). The predicted molar refractivity (Wildman–Crippen MR) is 129 cm³/mol. The van der Waals surface area contributed by atoms with Crippen molar-refractivity contribution in [1.82, 2.24) is 0 Å². The molecule has 0 spiro atoms. The Morgan fingerprint density at radius 1 is 1.00 bits per heavy atom. The minimum Gasteiger partial charge on any atom is -0.393 e. The number of hydrogen-bond donors (Lipinski definition) is 1. The fourth-order valence-corrected chi connectivity index (χ4v) is 9.10. The zero-order valence-corrected chi connectivity index (χ0v) is 21.1. The maximum atomic E-state index is 13.5. The first-order chi connectivity index (χ1) is 14.6. The third-order valence-electron chi connectivity index (χ3n) is 11.1. The van der Waals surface area contributed by atoms with E-state index in [2.05, 4.69) is 53.7 Å². The van der Waals surface area contributed by atoms with Crippen LogP contribution in [-0.4, -0.2) is 17.0 Å². The van der Waals surface area contributed by atoms with Crippen LogP contribution in [0.25, 0.3) is 0 Å². The van der Waals surface area contributed by atoms with E-state index in [0.29, 0.717) is 52.6 Å². The van der Waals surface area contributed by atoms with Crippen LogP contribution in [0.3, 0.4) is 0 Å². The molecule has 0 bridgehead atoms. The molecule has 5 unspecified atom stereocenters. The first-order valence-electron chi connectivity index (χ1n) is 13.5. The number of carbonyl (C=O) groups excluding carboxylic acids is 1. The molecule has 0 aromatic heterocycles. The summed E-state index contributed by atoms with van der Waals surface area (Å²) in [5.74, 6) is 5.09. The zero-order chi connectivity index (χ0) is 22.6. The van der Waals surface area contributed by atoms with Crippen molar-refractivity contribution in [2.45, 2.75) is 105 Å². The van der Waals surface area contributed by atoms with Crippen LogP contribution < -0.4 is 0 Å². The molecule has 4 aliphatic rings. The van der Waals surface area contributed by atoms with Crippen molar-refractivity contribution in [3.8, 4) is 0 Å². The summed E-state index contributed by atoms with van der Waals surface area (Å²) in [6.45, 7) is 14.4. The lowest BCUT2D eigenvalue weighted by Gasteiger charge is -2.60. The van der Waals surface area contributed by atoms with Gasteiger partial charge in [-0.15, -0.1) is 0 Å². The van der Waals surface area contributed by atoms with E-state index in [-0.39, 0.29) is 17.4 Å². The van der Waals surface area contributed by atoms with Gasteiger partial charge in [0.15, 0.2) is 0 Å². The van der Waals surface area contributed by atoms with Gasteiger partial charge in [-0.1, -0.05) is 53.7 Å². The highest BCUT2D eigenvalue weighted by Gasteiger charge is 2.62. The Balaban J connectivity index is 1.54. The van der Waals surface area contributed by atoms with Gasteiger partial charge in [0.25, 0.3) is 0 Å². The third kappa shape index (κ3) is 3.87. The molecule has 1 N–H and O–H groups in total. The number of fused-ring (bicyclic) bond motifs is 5. The largest absolute Gasteiger partial charge is 0.393 e. The molecule has 10 atom stereocenters. The Morgan fingerprint density at radius 3 is 2.35 bits per heavy atom. The van der Waals surface area contributed by atoms with Crippen LogP contribution in [0.1, 0.15) is 99.3 Å². The number of hydrogen-bond acceptors (Lipinski definition) is 2. The average molecular weight is 429 g/mol. The smallest absolute Gasteiger partial charge is 0.136 e. The molecule has 0 saturated heterocycles. The Morgan fingerprint density at radius 2 is 1.68 bits per heavy atom. The van der Waals surface area contributed by atoms with Gasteiger partial charge in [-0.3, -0.25) is 4.79 Å². The minimum atomic E-state index is -0.183. The van der Waals surface area contributed by atoms with E-state index in [1.165, 1.54) is 32.1 Å². The Labute approximate surface area is 191 Å². The minimum absolute atomic E-state index is 0.183. The fraction of sp³-hybridized carbons (Fsp3) is 0.897. The number of carbonyl (C=O) groups is 1. The second kappa shape index (κ2) is 8.62. The van der Waals surface area contributed by atoms with Crippen molar-refractivity contribution in [3.05, 3.63) is 12.2 Å². The van der Waals surface area contributed by atoms with Gasteiger partial charge in [0.2, 0.25) is 0 Å². The maximum absolute atomic E-state index is 13.5. The lowest BCUT2D eigenvalue weighted by atomic mass is 9.44. The molecule has 4 saturated carbocycles. The Kier molecular flexibility index (Phi) is 6.54. The van der Waals surface area contributed by atoms with E-state index in [1.807, 2.05) is 0 Å². The van der Waals surface area contributed by atoms with Crippen molar-refractivity contribution >= 4 is 5.78 Å². The average Bonchev–Trinajstić information content (AvgIpc) is 3.06. The second-order valence-electron chi connectivity index (χ2n) is 12.8. The first kappa shape index (κ1) is 23.5. The first-order valence-corrected chi connectivity index (χ1v) is 13.5. The number of rotatable bonds is 5. The monoisotopic (exact) mass is 428 g/mol. The topological polar surface area (TPSA) is 37.3 Å². The van der Waals surface area contributed by atoms with Gasteiger partial charge in [-0.05, 0) is 104 Å². The van der Waals surface area contributed by atoms with Crippen molar-refractivity contribution in [2.24, 2.45) is 58.2 Å². The molecule has 0 aliphatic heterocycles. The van der Waals surface area contributed by atoms with Crippen LogP contribution in [0.4, 0.5) is 0 Å². The molecule has 0 amide bonds. The van der Waals surface area contributed by atoms with Crippen LogP contribution in [0.2, 0.25) is 0 Å². The number of ketones is 1. The van der Waals surface area contributed by atoms with Crippen LogP contribution in [0.5, 0.6) is 0 Å². The zero-order valence-electron chi connectivity index (χ0n) is 21.1. The summed E-state index contributed by atoms with van der Waals surface area (Å²) in [7, 11) is 0. The molecule has 4 aliphatic carbocycles. The van der Waals surface area contributed by atoms with Gasteiger partial charge in [0.05, 0.1) is 6.10 Å². The molecule has 0 aromatic rings. The van der Waals surface area contributed by atoms with Gasteiger partial charge in [-0.2, -0.15) is 0 Å². The van der Waals surface area contributed by atoms with Gasteiger partial charge in [0, 0.05) is 12.3 Å². The molecule has 176 valence electrons. The molecule has 0 aromatic carbocycles. The fourth-order valence-electron chi connectivity index (χ4n) is 9.10. The quantitative estimate of drug-likeness (QED) is 0.476. The highest BCUT2D eigenvalue weighted by molar-refractivity contribution is 5.83. The van der Waals surface area contributed by atoms with Crippen molar-refractivity contribution in [1.29, 1.82) is 0 Å². The summed E-state index contributed by atoms with van der Waals surface area (Å²) < 4.78 is 0. The lowest BCUT2D eigenvalue weighted by molar-refractivity contribution is -0.160. The van der Waals surface area contributed by atoms with Gasteiger partial charge < -0.3 is 5.11 Å². The molecular weight excluding hydrogens is 380 g/mol. The Bertz CT molecular complexity index is 695. The molecule has 0 radical (unpaired) electrons. The molecule has 0 heterocycles. The predicted octanol–water partition coefficient (Wildman–Crippen LogP) is 7.06. The van der Waals surface area contributed by atoms with E-state index in [9.17, 15) is 9.90 Å². The second-order valence-corrected chi connectivity index (χ2v) is 12.8. The van der Waals surface area contributed by atoms with Crippen molar-refractivity contribution in [2.75, 3.05) is 0 Å². The third-order valence-corrected chi connectivity index (χ3v) is 11.1. The highest BCUT2D eigenvalue weighted by Crippen LogP contribution is 2.67. The molecule has 2 nitrogen and oxygen atoms in total. The normalized spacial score (nSPS) is 47.2. The maximum Gasteiger partial charge on any atom is 0.136 e. The van der Waals surface area contributed by atoms with Crippen molar-refractivity contribution in [3.63, 3.8) is 0 Å². The summed E-state index contributed by atoms with van der Waals surface area (Å²) in [5, 5.41) is 10.3. The number of allylic oxidation sites excluding steroid dienone is 2. The number of aliphatic hydroxyl groups excluding tert-OH is 1. The SMILES string of the molecule is CCC(/C=C/C(C)[C@H]1CCC2C3C(=O)C[C@H]4C[C@@H](O)CC[C@]4(C)C3CC[C@@]21C)C(C)C. The van der Waals surface area contributed by atoms with Gasteiger partial charge in [-0.25, -0.2) is 0 Å². The van der Waals surface area contributed by atoms with Gasteiger partial charge >= 0.3 is 0 Å². The van der Waals surface area contributed by atoms with Crippen LogP contribution in [0.15, 0.2) is 12.2 Å². The summed E-state index contributed by atoms with van der Waals surface area (Å²) in [6.07, 6.45) is 14.8. The molecular formula is C29H48O2. The molecule has 31 heavy (non-hydrogen) atoms. The number of Topliss-reactive ketones (excluding diaryl/α,β-unsaturated/α-hetero) is 1. The van der Waals surface area contributed by atoms with Crippen LogP contribution in [0, 0.1) is 58.2 Å². The van der Waals surface area contributed by atoms with E-state index in [1.54, 1.807) is 0 Å². The highest BCUT2D eigenvalue weighted by atomic mass is 16.3. The summed E-state index contributed by atoms with van der Waals surface area (Å²) in [4.78, 5) is 13.5. The lowest BCUT2D eigenvalue weighted by Crippen LogP contribution is -2.57. The van der Waals surface area contributed by atoms with E-state index in [4.69, 9.17) is 0 Å². The van der Waals surface area contributed by atoms with E-state index < -0.39 is 0 Å². The molecule has 4 fully saturated rings. The Hall–Kier alpha value is -0.630. The number of aliphatic hydroxyl groups is 1.